The van der Waals surface area contributed by atoms with Gasteiger partial charge in [0, 0.05) is 43.1 Å². The molecule has 0 spiro atoms. The first kappa shape index (κ1) is 20.7. The normalized spacial score (nSPS) is 13.7. The molecule has 1 aromatic heterocycles. The monoisotopic (exact) mass is 443 g/mol. The van der Waals surface area contributed by atoms with Crippen molar-refractivity contribution in [2.45, 2.75) is 24.5 Å². The molecule has 158 valence electrons. The molecule has 0 fully saturated rings. The number of ether oxygens (including phenoxy) is 1. The fourth-order valence-corrected chi connectivity index (χ4v) is 6.29. The molecule has 30 heavy (non-hydrogen) atoms. The van der Waals surface area contributed by atoms with E-state index in [-0.39, 0.29) is 10.6 Å². The van der Waals surface area contributed by atoms with Gasteiger partial charge in [0.25, 0.3) is 0 Å². The number of thiazole rings is 1. The third-order valence-electron chi connectivity index (χ3n) is 5.19. The maximum atomic E-state index is 12.8. The van der Waals surface area contributed by atoms with Crippen LogP contribution in [0.15, 0.2) is 46.8 Å². The lowest BCUT2D eigenvalue weighted by Gasteiger charge is -2.33. The van der Waals surface area contributed by atoms with Gasteiger partial charge < -0.3 is 14.5 Å². The predicted molar refractivity (Wildman–Crippen MR) is 122 cm³/mol. The molecule has 0 radical (unpaired) electrons. The molecule has 0 N–H and O–H groups in total. The first-order valence-corrected chi connectivity index (χ1v) is 12.2. The molecule has 0 amide bonds. The number of hydrogen-bond acceptors (Lipinski definition) is 7. The van der Waals surface area contributed by atoms with Crippen LogP contribution < -0.4 is 14.5 Å². The van der Waals surface area contributed by atoms with Crippen LogP contribution in [-0.4, -0.2) is 40.6 Å². The zero-order valence-corrected chi connectivity index (χ0v) is 19.2. The van der Waals surface area contributed by atoms with Crippen molar-refractivity contribution < 1.29 is 13.2 Å². The minimum Gasteiger partial charge on any atom is -0.489 e. The molecule has 0 saturated heterocycles. The molecule has 2 heterocycles. The first-order valence-electron chi connectivity index (χ1n) is 9.70. The summed E-state index contributed by atoms with van der Waals surface area (Å²) in [7, 11) is 0.613. The quantitative estimate of drug-likeness (QED) is 0.585. The van der Waals surface area contributed by atoms with E-state index in [1.165, 1.54) is 28.2 Å². The topological polar surface area (TPSA) is 62.7 Å². The van der Waals surface area contributed by atoms with E-state index in [1.54, 1.807) is 23.7 Å². The van der Waals surface area contributed by atoms with Crippen LogP contribution >= 0.6 is 11.3 Å². The van der Waals surface area contributed by atoms with Crippen LogP contribution in [0.25, 0.3) is 0 Å². The predicted octanol–water partition coefficient (Wildman–Crippen LogP) is 4.33. The Balaban J connectivity index is 1.69. The van der Waals surface area contributed by atoms with Crippen LogP contribution in [-0.2, 0) is 15.6 Å². The molecule has 6 nitrogen and oxygen atoms in total. The Hall–Kier alpha value is -2.58. The Bertz CT molecular complexity index is 1150. The molecule has 0 aliphatic carbocycles. The molecule has 4 rings (SSSR count). The summed E-state index contributed by atoms with van der Waals surface area (Å²) in [5.74, 6) is 0.492. The Labute approximate surface area is 181 Å². The highest BCUT2D eigenvalue weighted by molar-refractivity contribution is 7.90. The van der Waals surface area contributed by atoms with Gasteiger partial charge in [-0.15, -0.1) is 11.3 Å². The van der Waals surface area contributed by atoms with Gasteiger partial charge in [0.15, 0.2) is 9.84 Å². The zero-order valence-electron chi connectivity index (χ0n) is 17.5. The van der Waals surface area contributed by atoms with Crippen molar-refractivity contribution in [2.75, 3.05) is 37.0 Å². The number of rotatable bonds is 5. The molecule has 0 unspecified atom stereocenters. The van der Waals surface area contributed by atoms with E-state index >= 15 is 0 Å². The second-order valence-electron chi connectivity index (χ2n) is 7.64. The van der Waals surface area contributed by atoms with E-state index in [0.29, 0.717) is 23.9 Å². The van der Waals surface area contributed by atoms with Crippen molar-refractivity contribution in [3.63, 3.8) is 0 Å². The molecular formula is C22H25N3O3S2. The highest BCUT2D eigenvalue weighted by atomic mass is 32.2. The number of hydrogen-bond donors (Lipinski definition) is 0. The second-order valence-corrected chi connectivity index (χ2v) is 10.6. The van der Waals surface area contributed by atoms with Crippen LogP contribution in [0.5, 0.6) is 5.75 Å². The highest BCUT2D eigenvalue weighted by Crippen LogP contribution is 2.40. The third-order valence-corrected chi connectivity index (χ3v) is 7.77. The van der Waals surface area contributed by atoms with Gasteiger partial charge >= 0.3 is 0 Å². The third kappa shape index (κ3) is 3.89. The van der Waals surface area contributed by atoms with E-state index in [4.69, 9.17) is 4.74 Å². The summed E-state index contributed by atoms with van der Waals surface area (Å²) in [5, 5.41) is 2.37. The summed E-state index contributed by atoms with van der Waals surface area (Å²) in [4.78, 5) is 8.67. The summed E-state index contributed by atoms with van der Waals surface area (Å²) in [5.41, 5.74) is 5.58. The molecule has 0 atom stereocenters. The SMILES string of the molecule is Cc1cc(N2CCOc3cc(S(=O)(=O)Cc4nccs4)ccc32)cc(C)c1N(C)C. The lowest BCUT2D eigenvalue weighted by molar-refractivity contribution is 0.313. The molecule has 1 aliphatic heterocycles. The van der Waals surface area contributed by atoms with Gasteiger partial charge in [-0.1, -0.05) is 0 Å². The lowest BCUT2D eigenvalue weighted by Crippen LogP contribution is -2.29. The van der Waals surface area contributed by atoms with E-state index in [0.717, 1.165) is 11.4 Å². The number of aromatic nitrogens is 1. The fraction of sp³-hybridized carbons (Fsp3) is 0.318. The minimum atomic E-state index is -3.48. The smallest absolute Gasteiger partial charge is 0.185 e. The Morgan fingerprint density at radius 2 is 1.90 bits per heavy atom. The van der Waals surface area contributed by atoms with Crippen LogP contribution in [0, 0.1) is 13.8 Å². The van der Waals surface area contributed by atoms with Gasteiger partial charge in [-0.25, -0.2) is 13.4 Å². The Morgan fingerprint density at radius 3 is 2.53 bits per heavy atom. The van der Waals surface area contributed by atoms with Crippen molar-refractivity contribution in [3.05, 3.63) is 58.0 Å². The van der Waals surface area contributed by atoms with Crippen LogP contribution in [0.2, 0.25) is 0 Å². The maximum Gasteiger partial charge on any atom is 0.185 e. The minimum absolute atomic E-state index is 0.0996. The fourth-order valence-electron chi connectivity index (χ4n) is 4.03. The largest absolute Gasteiger partial charge is 0.489 e. The van der Waals surface area contributed by atoms with Crippen molar-refractivity contribution in [3.8, 4) is 5.75 Å². The molecule has 0 saturated carbocycles. The van der Waals surface area contributed by atoms with Crippen LogP contribution in [0.4, 0.5) is 17.1 Å². The molecular weight excluding hydrogens is 418 g/mol. The van der Waals surface area contributed by atoms with Gasteiger partial charge in [-0.2, -0.15) is 0 Å². The first-order chi connectivity index (χ1) is 14.3. The zero-order chi connectivity index (χ0) is 21.5. The number of fused-ring (bicyclic) bond motifs is 1. The van der Waals surface area contributed by atoms with Crippen LogP contribution in [0.3, 0.4) is 0 Å². The van der Waals surface area contributed by atoms with Crippen molar-refractivity contribution in [2.24, 2.45) is 0 Å². The van der Waals surface area contributed by atoms with Gasteiger partial charge in [-0.05, 0) is 49.2 Å². The molecule has 0 bridgehead atoms. The summed E-state index contributed by atoms with van der Waals surface area (Å²) in [6, 6.07) is 9.48. The summed E-state index contributed by atoms with van der Waals surface area (Å²) in [6.45, 7) is 5.43. The molecule has 1 aliphatic rings. The number of anilines is 3. The summed E-state index contributed by atoms with van der Waals surface area (Å²) in [6.07, 6.45) is 1.62. The maximum absolute atomic E-state index is 12.8. The molecule has 3 aromatic rings. The van der Waals surface area contributed by atoms with E-state index in [1.807, 2.05) is 20.2 Å². The second kappa shape index (κ2) is 7.92. The standard InChI is InChI=1S/C22H25N3O3S2/c1-15-11-17(12-16(2)22(15)24(3)4)25-8-9-28-20-13-18(5-6-19(20)25)30(26,27)14-21-23-7-10-29-21/h5-7,10-13H,8-9,14H2,1-4H3. The van der Waals surface area contributed by atoms with Gasteiger partial charge in [0.2, 0.25) is 0 Å². The highest BCUT2D eigenvalue weighted by Gasteiger charge is 2.25. The number of benzene rings is 2. The van der Waals surface area contributed by atoms with E-state index in [2.05, 4.69) is 40.8 Å². The van der Waals surface area contributed by atoms with Crippen LogP contribution in [0.1, 0.15) is 16.1 Å². The van der Waals surface area contributed by atoms with Crippen molar-refractivity contribution >= 4 is 38.2 Å². The van der Waals surface area contributed by atoms with Crippen molar-refractivity contribution in [1.29, 1.82) is 0 Å². The van der Waals surface area contributed by atoms with E-state index < -0.39 is 9.84 Å². The molecule has 2 aromatic carbocycles. The number of aryl methyl sites for hydroxylation is 2. The summed E-state index contributed by atoms with van der Waals surface area (Å²) >= 11 is 1.34. The summed E-state index contributed by atoms with van der Waals surface area (Å²) < 4.78 is 31.5. The average Bonchev–Trinajstić information content (AvgIpc) is 3.18. The molecule has 8 heteroatoms. The lowest BCUT2D eigenvalue weighted by atomic mass is 10.1. The Kier molecular flexibility index (Phi) is 5.46. The number of sulfone groups is 1. The Morgan fingerprint density at radius 1 is 1.17 bits per heavy atom. The van der Waals surface area contributed by atoms with E-state index in [9.17, 15) is 8.42 Å². The van der Waals surface area contributed by atoms with Crippen molar-refractivity contribution in [1.82, 2.24) is 4.98 Å². The van der Waals surface area contributed by atoms with Gasteiger partial charge in [0.05, 0.1) is 17.1 Å². The average molecular weight is 444 g/mol. The number of nitrogens with zero attached hydrogens (tertiary/aromatic N) is 3. The van der Waals surface area contributed by atoms with Gasteiger partial charge in [-0.3, -0.25) is 0 Å². The van der Waals surface area contributed by atoms with Gasteiger partial charge in [0.1, 0.15) is 23.1 Å².